The Labute approximate surface area is 116 Å². The Kier molecular flexibility index (Phi) is 3.26. The normalized spacial score (nSPS) is 18.5. The van der Waals surface area contributed by atoms with E-state index in [0.29, 0.717) is 18.0 Å². The fourth-order valence-electron chi connectivity index (χ4n) is 2.66. The van der Waals surface area contributed by atoms with Crippen LogP contribution in [0.25, 0.3) is 0 Å². The van der Waals surface area contributed by atoms with Gasteiger partial charge in [0.1, 0.15) is 11.6 Å². The average molecular weight is 274 g/mol. The summed E-state index contributed by atoms with van der Waals surface area (Å²) in [5.41, 5.74) is 1.29. The molecular formula is C15H15FN2O2. The monoisotopic (exact) mass is 274 g/mol. The molecule has 1 atom stereocenters. The molecule has 104 valence electrons. The molecule has 1 amide bonds. The molecule has 0 spiro atoms. The number of amides is 1. The van der Waals surface area contributed by atoms with Crippen LogP contribution in [-0.2, 0) is 0 Å². The number of halogens is 1. The maximum absolute atomic E-state index is 13.0. The van der Waals surface area contributed by atoms with Crippen LogP contribution in [0.3, 0.4) is 0 Å². The number of carbonyl (C=O) groups excluding carboxylic acids is 1. The van der Waals surface area contributed by atoms with Gasteiger partial charge in [0, 0.05) is 12.6 Å². The number of carbonyl (C=O) groups is 1. The topological polar surface area (TPSA) is 46.3 Å². The number of rotatable bonds is 2. The predicted octanol–water partition coefficient (Wildman–Crippen LogP) is 3.10. The van der Waals surface area contributed by atoms with Gasteiger partial charge in [0.2, 0.25) is 0 Å². The third kappa shape index (κ3) is 2.31. The number of hydrogen-bond acceptors (Lipinski definition) is 3. The highest BCUT2D eigenvalue weighted by Gasteiger charge is 2.31. The van der Waals surface area contributed by atoms with Crippen molar-refractivity contribution >= 4 is 5.91 Å². The molecule has 0 saturated carbocycles. The molecule has 3 rings (SSSR count). The van der Waals surface area contributed by atoms with E-state index in [0.717, 1.165) is 18.4 Å². The van der Waals surface area contributed by atoms with Gasteiger partial charge in [-0.1, -0.05) is 17.3 Å². The van der Waals surface area contributed by atoms with Crippen LogP contribution in [0.15, 0.2) is 34.9 Å². The summed E-state index contributed by atoms with van der Waals surface area (Å²) >= 11 is 0. The minimum absolute atomic E-state index is 0.0138. The van der Waals surface area contributed by atoms with Gasteiger partial charge in [0.25, 0.3) is 5.91 Å². The number of aryl methyl sites for hydroxylation is 1. The third-order valence-corrected chi connectivity index (χ3v) is 3.62. The summed E-state index contributed by atoms with van der Waals surface area (Å²) in [7, 11) is 0. The maximum Gasteiger partial charge on any atom is 0.276 e. The Bertz CT molecular complexity index is 621. The fraction of sp³-hybridized carbons (Fsp3) is 0.333. The summed E-state index contributed by atoms with van der Waals surface area (Å²) in [4.78, 5) is 14.2. The molecular weight excluding hydrogens is 259 g/mol. The van der Waals surface area contributed by atoms with Crippen molar-refractivity contribution in [1.82, 2.24) is 10.1 Å². The lowest BCUT2D eigenvalue weighted by atomic mass is 10.0. The van der Waals surface area contributed by atoms with Gasteiger partial charge in [-0.2, -0.15) is 0 Å². The van der Waals surface area contributed by atoms with Crippen molar-refractivity contribution in [1.29, 1.82) is 0 Å². The van der Waals surface area contributed by atoms with Gasteiger partial charge < -0.3 is 9.42 Å². The summed E-state index contributed by atoms with van der Waals surface area (Å²) < 4.78 is 17.9. The van der Waals surface area contributed by atoms with E-state index in [2.05, 4.69) is 5.16 Å². The highest BCUT2D eigenvalue weighted by molar-refractivity contribution is 5.92. The molecule has 0 N–H and O–H groups in total. The highest BCUT2D eigenvalue weighted by Crippen LogP contribution is 2.33. The first-order valence-corrected chi connectivity index (χ1v) is 6.65. The first-order valence-electron chi connectivity index (χ1n) is 6.65. The average Bonchev–Trinajstić information content (AvgIpc) is 3.07. The van der Waals surface area contributed by atoms with Crippen LogP contribution >= 0.6 is 0 Å². The van der Waals surface area contributed by atoms with Gasteiger partial charge in [0.05, 0.1) is 6.04 Å². The minimum Gasteiger partial charge on any atom is -0.361 e. The molecule has 0 radical (unpaired) electrons. The van der Waals surface area contributed by atoms with Crippen molar-refractivity contribution in [2.24, 2.45) is 0 Å². The molecule has 1 aromatic heterocycles. The largest absolute Gasteiger partial charge is 0.361 e. The van der Waals surface area contributed by atoms with Crippen molar-refractivity contribution < 1.29 is 13.7 Å². The van der Waals surface area contributed by atoms with Gasteiger partial charge in [-0.15, -0.1) is 0 Å². The summed E-state index contributed by atoms with van der Waals surface area (Å²) in [6, 6.07) is 7.95. The smallest absolute Gasteiger partial charge is 0.276 e. The number of likely N-dealkylation sites (tertiary alicyclic amines) is 1. The van der Waals surface area contributed by atoms with Crippen LogP contribution < -0.4 is 0 Å². The quantitative estimate of drug-likeness (QED) is 0.845. The molecule has 1 saturated heterocycles. The van der Waals surface area contributed by atoms with Gasteiger partial charge in [-0.05, 0) is 37.5 Å². The van der Waals surface area contributed by atoms with E-state index in [-0.39, 0.29) is 17.8 Å². The second-order valence-electron chi connectivity index (χ2n) is 5.03. The molecule has 2 aromatic rings. The summed E-state index contributed by atoms with van der Waals surface area (Å²) in [5.74, 6) is 0.219. The van der Waals surface area contributed by atoms with E-state index in [1.165, 1.54) is 12.1 Å². The van der Waals surface area contributed by atoms with Crippen LogP contribution in [0, 0.1) is 12.7 Å². The van der Waals surface area contributed by atoms with Crippen LogP contribution in [0.4, 0.5) is 4.39 Å². The predicted molar refractivity (Wildman–Crippen MR) is 70.7 cm³/mol. The molecule has 2 heterocycles. The molecule has 0 aliphatic carbocycles. The van der Waals surface area contributed by atoms with Gasteiger partial charge in [0.15, 0.2) is 5.69 Å². The van der Waals surface area contributed by atoms with E-state index >= 15 is 0 Å². The van der Waals surface area contributed by atoms with Gasteiger partial charge >= 0.3 is 0 Å². The standard InChI is InChI=1S/C15H15FN2O2/c1-10-9-13(17-20-10)15(19)18-8-2-3-14(18)11-4-6-12(16)7-5-11/h4-7,9,14H,2-3,8H2,1H3. The molecule has 1 aromatic carbocycles. The Morgan fingerprint density at radius 2 is 2.15 bits per heavy atom. The highest BCUT2D eigenvalue weighted by atomic mass is 19.1. The number of hydrogen-bond donors (Lipinski definition) is 0. The first kappa shape index (κ1) is 12.8. The molecule has 4 nitrogen and oxygen atoms in total. The molecule has 1 aliphatic heterocycles. The van der Waals surface area contributed by atoms with Crippen molar-refractivity contribution in [2.45, 2.75) is 25.8 Å². The minimum atomic E-state index is -0.267. The van der Waals surface area contributed by atoms with E-state index in [1.807, 2.05) is 0 Å². The first-order chi connectivity index (χ1) is 9.65. The van der Waals surface area contributed by atoms with Crippen LogP contribution in [0.5, 0.6) is 0 Å². The lowest BCUT2D eigenvalue weighted by Gasteiger charge is -2.24. The SMILES string of the molecule is Cc1cc(C(=O)N2CCCC2c2ccc(F)cc2)no1. The van der Waals surface area contributed by atoms with Crippen molar-refractivity contribution in [3.63, 3.8) is 0 Å². The zero-order chi connectivity index (χ0) is 14.1. The van der Waals surface area contributed by atoms with E-state index in [1.54, 1.807) is 30.0 Å². The zero-order valence-corrected chi connectivity index (χ0v) is 11.2. The summed E-state index contributed by atoms with van der Waals surface area (Å²) in [6.45, 7) is 2.44. The molecule has 20 heavy (non-hydrogen) atoms. The van der Waals surface area contributed by atoms with E-state index in [4.69, 9.17) is 4.52 Å². The Hall–Kier alpha value is -2.17. The van der Waals surface area contributed by atoms with E-state index < -0.39 is 0 Å². The third-order valence-electron chi connectivity index (χ3n) is 3.62. The number of benzene rings is 1. The summed E-state index contributed by atoms with van der Waals surface area (Å²) in [6.07, 6.45) is 1.82. The van der Waals surface area contributed by atoms with Crippen molar-refractivity contribution in [3.8, 4) is 0 Å². The van der Waals surface area contributed by atoms with Crippen LogP contribution in [-0.4, -0.2) is 22.5 Å². The number of nitrogens with zero attached hydrogens (tertiary/aromatic N) is 2. The second-order valence-corrected chi connectivity index (χ2v) is 5.03. The Morgan fingerprint density at radius 3 is 2.80 bits per heavy atom. The van der Waals surface area contributed by atoms with Gasteiger partial charge in [-0.3, -0.25) is 4.79 Å². The lowest BCUT2D eigenvalue weighted by molar-refractivity contribution is 0.0725. The Balaban J connectivity index is 1.85. The fourth-order valence-corrected chi connectivity index (χ4v) is 2.66. The molecule has 1 aliphatic rings. The van der Waals surface area contributed by atoms with Gasteiger partial charge in [-0.25, -0.2) is 4.39 Å². The number of aromatic nitrogens is 1. The molecule has 1 unspecified atom stereocenters. The van der Waals surface area contributed by atoms with Crippen molar-refractivity contribution in [3.05, 3.63) is 53.2 Å². The molecule has 0 bridgehead atoms. The lowest BCUT2D eigenvalue weighted by Crippen LogP contribution is -2.30. The van der Waals surface area contributed by atoms with Crippen molar-refractivity contribution in [2.75, 3.05) is 6.54 Å². The second kappa shape index (κ2) is 5.07. The molecule has 5 heteroatoms. The van der Waals surface area contributed by atoms with E-state index in [9.17, 15) is 9.18 Å². The summed E-state index contributed by atoms with van der Waals surface area (Å²) in [5, 5.41) is 3.78. The van der Waals surface area contributed by atoms with Crippen LogP contribution in [0.1, 0.15) is 40.7 Å². The zero-order valence-electron chi connectivity index (χ0n) is 11.2. The Morgan fingerprint density at radius 1 is 1.40 bits per heavy atom. The van der Waals surface area contributed by atoms with Crippen LogP contribution in [0.2, 0.25) is 0 Å². The molecule has 1 fully saturated rings. The maximum atomic E-state index is 13.0.